The van der Waals surface area contributed by atoms with Gasteiger partial charge in [0.1, 0.15) is 9.84 Å². The van der Waals surface area contributed by atoms with Crippen molar-refractivity contribution in [2.45, 2.75) is 51.1 Å². The van der Waals surface area contributed by atoms with Crippen molar-refractivity contribution in [1.82, 2.24) is 5.32 Å². The van der Waals surface area contributed by atoms with E-state index in [1.165, 1.54) is 31.1 Å². The second kappa shape index (κ2) is 7.41. The molecule has 1 saturated carbocycles. The van der Waals surface area contributed by atoms with E-state index in [9.17, 15) is 8.42 Å². The van der Waals surface area contributed by atoms with Crippen LogP contribution in [0.15, 0.2) is 30.3 Å². The molecule has 1 aliphatic rings. The number of hydrogen-bond donors (Lipinski definition) is 1. The summed E-state index contributed by atoms with van der Waals surface area (Å²) in [6.45, 7) is 1.98. The normalized spacial score (nSPS) is 24.7. The third-order valence-electron chi connectivity index (χ3n) is 4.30. The van der Waals surface area contributed by atoms with Crippen molar-refractivity contribution in [3.05, 3.63) is 35.9 Å². The van der Waals surface area contributed by atoms with Crippen molar-refractivity contribution in [3.63, 3.8) is 0 Å². The van der Waals surface area contributed by atoms with E-state index < -0.39 is 9.84 Å². The van der Waals surface area contributed by atoms with E-state index in [1.54, 1.807) is 0 Å². The predicted octanol–water partition coefficient (Wildman–Crippen LogP) is 2.81. The Morgan fingerprint density at radius 3 is 2.52 bits per heavy atom. The maximum Gasteiger partial charge on any atom is 0.148 e. The minimum absolute atomic E-state index is 0.0290. The second-order valence-corrected chi connectivity index (χ2v) is 8.69. The average Bonchev–Trinajstić information content (AvgIpc) is 2.40. The summed E-state index contributed by atoms with van der Waals surface area (Å²) in [7, 11) is -2.91. The zero-order chi connectivity index (χ0) is 15.3. The van der Waals surface area contributed by atoms with Gasteiger partial charge in [0.15, 0.2) is 0 Å². The van der Waals surface area contributed by atoms with Crippen LogP contribution < -0.4 is 5.32 Å². The molecule has 0 unspecified atom stereocenters. The third-order valence-corrected chi connectivity index (χ3v) is 5.41. The van der Waals surface area contributed by atoms with E-state index in [0.717, 1.165) is 12.8 Å². The van der Waals surface area contributed by atoms with Crippen LogP contribution in [-0.4, -0.2) is 32.5 Å². The lowest BCUT2D eigenvalue weighted by molar-refractivity contribution is 0.248. The molecule has 0 spiro atoms. The molecular formula is C17H27NO2S. The molecule has 21 heavy (non-hydrogen) atoms. The molecule has 0 aliphatic heterocycles. The van der Waals surface area contributed by atoms with Crippen LogP contribution in [0.5, 0.6) is 0 Å². The summed E-state index contributed by atoms with van der Waals surface area (Å²) in [5.74, 6) is 0.838. The molecule has 3 nitrogen and oxygen atoms in total. The molecule has 0 saturated heterocycles. The summed E-state index contributed by atoms with van der Waals surface area (Å²) < 4.78 is 22.8. The predicted molar refractivity (Wildman–Crippen MR) is 88.2 cm³/mol. The second-order valence-electron chi connectivity index (χ2n) is 6.50. The molecule has 4 heteroatoms. The largest absolute Gasteiger partial charge is 0.310 e. The van der Waals surface area contributed by atoms with Gasteiger partial charge in [0.25, 0.3) is 0 Å². The van der Waals surface area contributed by atoms with Crippen molar-refractivity contribution in [2.24, 2.45) is 5.92 Å². The lowest BCUT2D eigenvalue weighted by atomic mass is 9.80. The van der Waals surface area contributed by atoms with Crippen molar-refractivity contribution in [1.29, 1.82) is 0 Å². The van der Waals surface area contributed by atoms with Crippen LogP contribution in [0.4, 0.5) is 0 Å². The summed E-state index contributed by atoms with van der Waals surface area (Å²) in [5, 5.41) is 3.57. The molecular weight excluding hydrogens is 282 g/mol. The van der Waals surface area contributed by atoms with E-state index in [-0.39, 0.29) is 11.8 Å². The van der Waals surface area contributed by atoms with Gasteiger partial charge in [-0.15, -0.1) is 0 Å². The zero-order valence-corrected chi connectivity index (χ0v) is 13.9. The van der Waals surface area contributed by atoms with Gasteiger partial charge in [-0.3, -0.25) is 0 Å². The first-order valence-electron chi connectivity index (χ1n) is 7.92. The number of rotatable bonds is 6. The molecule has 0 amide bonds. The van der Waals surface area contributed by atoms with E-state index in [1.807, 2.05) is 13.0 Å². The van der Waals surface area contributed by atoms with Gasteiger partial charge in [-0.2, -0.15) is 0 Å². The highest BCUT2D eigenvalue weighted by Crippen LogP contribution is 2.28. The smallest absolute Gasteiger partial charge is 0.148 e. The van der Waals surface area contributed by atoms with Gasteiger partial charge < -0.3 is 5.32 Å². The van der Waals surface area contributed by atoms with Gasteiger partial charge in [0.05, 0.1) is 5.75 Å². The van der Waals surface area contributed by atoms with Crippen LogP contribution in [0.25, 0.3) is 0 Å². The fraction of sp³-hybridized carbons (Fsp3) is 0.647. The Hall–Kier alpha value is -0.870. The molecule has 1 aliphatic carbocycles. The fourth-order valence-corrected chi connectivity index (χ4v) is 4.46. The summed E-state index contributed by atoms with van der Waals surface area (Å²) in [5.41, 5.74) is 1.38. The highest BCUT2D eigenvalue weighted by Gasteiger charge is 2.26. The maximum absolute atomic E-state index is 11.4. The summed E-state index contributed by atoms with van der Waals surface area (Å²) in [4.78, 5) is 0. The van der Waals surface area contributed by atoms with Gasteiger partial charge in [0.2, 0.25) is 0 Å². The minimum Gasteiger partial charge on any atom is -0.310 e. The van der Waals surface area contributed by atoms with E-state index >= 15 is 0 Å². The molecule has 118 valence electrons. The number of benzene rings is 1. The highest BCUT2D eigenvalue weighted by molar-refractivity contribution is 7.90. The number of nitrogens with one attached hydrogen (secondary N) is 1. The van der Waals surface area contributed by atoms with Crippen molar-refractivity contribution < 1.29 is 8.42 Å². The van der Waals surface area contributed by atoms with Crippen LogP contribution in [0.2, 0.25) is 0 Å². The molecule has 2 rings (SSSR count). The van der Waals surface area contributed by atoms with Crippen LogP contribution in [0.1, 0.15) is 38.2 Å². The Kier molecular flexibility index (Phi) is 5.82. The lowest BCUT2D eigenvalue weighted by Crippen LogP contribution is -2.46. The SMILES string of the molecule is C[C@H](CS(C)(=O)=O)N[C@H]1CCCC[C@@H]1Cc1ccccc1. The molecule has 1 aromatic rings. The lowest BCUT2D eigenvalue weighted by Gasteiger charge is -2.34. The van der Waals surface area contributed by atoms with E-state index in [4.69, 9.17) is 0 Å². The molecule has 3 atom stereocenters. The van der Waals surface area contributed by atoms with Gasteiger partial charge in [-0.25, -0.2) is 8.42 Å². The molecule has 0 radical (unpaired) electrons. The quantitative estimate of drug-likeness (QED) is 0.879. The Labute approximate surface area is 129 Å². The van der Waals surface area contributed by atoms with Crippen LogP contribution >= 0.6 is 0 Å². The molecule has 0 aromatic heterocycles. The third kappa shape index (κ3) is 5.79. The van der Waals surface area contributed by atoms with Crippen LogP contribution in [0.3, 0.4) is 0 Å². The monoisotopic (exact) mass is 309 g/mol. The van der Waals surface area contributed by atoms with E-state index in [2.05, 4.69) is 29.6 Å². The highest BCUT2D eigenvalue weighted by atomic mass is 32.2. The van der Waals surface area contributed by atoms with Crippen molar-refractivity contribution >= 4 is 9.84 Å². The molecule has 0 heterocycles. The Morgan fingerprint density at radius 2 is 1.86 bits per heavy atom. The summed E-state index contributed by atoms with van der Waals surface area (Å²) in [6.07, 6.45) is 7.33. The molecule has 1 fully saturated rings. The Bertz CT molecular complexity index is 527. The molecule has 1 aromatic carbocycles. The van der Waals surface area contributed by atoms with Crippen molar-refractivity contribution in [3.8, 4) is 0 Å². The standard InChI is InChI=1S/C17H27NO2S/c1-14(13-21(2,19)20)18-17-11-7-6-10-16(17)12-15-8-4-3-5-9-15/h3-5,8-9,14,16-18H,6-7,10-13H2,1-2H3/t14-,16-,17+/m1/s1. The molecule has 0 bridgehead atoms. The Balaban J connectivity index is 1.95. The van der Waals surface area contributed by atoms with Crippen LogP contribution in [0, 0.1) is 5.92 Å². The van der Waals surface area contributed by atoms with Crippen molar-refractivity contribution in [2.75, 3.05) is 12.0 Å². The Morgan fingerprint density at radius 1 is 1.19 bits per heavy atom. The summed E-state index contributed by atoms with van der Waals surface area (Å²) >= 11 is 0. The van der Waals surface area contributed by atoms with Gasteiger partial charge in [-0.1, -0.05) is 43.2 Å². The van der Waals surface area contributed by atoms with Crippen LogP contribution in [-0.2, 0) is 16.3 Å². The number of hydrogen-bond acceptors (Lipinski definition) is 3. The first kappa shape index (κ1) is 16.5. The first-order valence-corrected chi connectivity index (χ1v) is 9.98. The summed E-state index contributed by atoms with van der Waals surface area (Å²) in [6, 6.07) is 11.1. The van der Waals surface area contributed by atoms with Gasteiger partial charge in [-0.05, 0) is 37.7 Å². The molecule has 1 N–H and O–H groups in total. The zero-order valence-electron chi connectivity index (χ0n) is 13.1. The number of sulfone groups is 1. The van der Waals surface area contributed by atoms with E-state index in [0.29, 0.717) is 12.0 Å². The average molecular weight is 309 g/mol. The van der Waals surface area contributed by atoms with Gasteiger partial charge >= 0.3 is 0 Å². The maximum atomic E-state index is 11.4. The van der Waals surface area contributed by atoms with Gasteiger partial charge in [0, 0.05) is 18.3 Å². The minimum atomic E-state index is -2.91. The fourth-order valence-electron chi connectivity index (χ4n) is 3.46. The topological polar surface area (TPSA) is 46.2 Å². The first-order chi connectivity index (χ1) is 9.94.